The smallest absolute Gasteiger partial charge is 0.250 e. The van der Waals surface area contributed by atoms with Gasteiger partial charge in [-0.15, -0.1) is 0 Å². The molecule has 17 heavy (non-hydrogen) atoms. The Bertz CT molecular complexity index is 405. The van der Waals surface area contributed by atoms with Crippen LogP contribution in [0.25, 0.3) is 0 Å². The molecular weight excluding hydrogens is 214 g/mol. The van der Waals surface area contributed by atoms with E-state index in [1.807, 2.05) is 18.2 Å². The number of amides is 1. The minimum Gasteiger partial charge on any atom is -0.380 e. The van der Waals surface area contributed by atoms with Crippen molar-refractivity contribution in [1.29, 1.82) is 0 Å². The third-order valence-electron chi connectivity index (χ3n) is 3.30. The molecule has 0 aliphatic carbocycles. The number of rotatable bonds is 3. The lowest BCUT2D eigenvalue weighted by Gasteiger charge is -2.31. The molecule has 1 fully saturated rings. The number of benzene rings is 1. The second kappa shape index (κ2) is 5.19. The summed E-state index contributed by atoms with van der Waals surface area (Å²) in [5.74, 6) is -0.385. The quantitative estimate of drug-likeness (QED) is 0.738. The van der Waals surface area contributed by atoms with Crippen LogP contribution in [-0.4, -0.2) is 24.5 Å². The lowest BCUT2D eigenvalue weighted by molar-refractivity contribution is 0.100. The summed E-state index contributed by atoms with van der Waals surface area (Å²) in [6.45, 7) is 3.22. The van der Waals surface area contributed by atoms with Gasteiger partial charge >= 0.3 is 0 Å². The van der Waals surface area contributed by atoms with Crippen LogP contribution in [0, 0.1) is 0 Å². The van der Waals surface area contributed by atoms with Crippen LogP contribution in [0.3, 0.4) is 0 Å². The SMILES string of the molecule is CC1NCCCC1Nc1ccccc1C(N)=O. The maximum absolute atomic E-state index is 11.3. The highest BCUT2D eigenvalue weighted by atomic mass is 16.1. The van der Waals surface area contributed by atoms with E-state index in [0.29, 0.717) is 17.6 Å². The average molecular weight is 233 g/mol. The summed E-state index contributed by atoms with van der Waals surface area (Å²) < 4.78 is 0. The minimum absolute atomic E-state index is 0.351. The van der Waals surface area contributed by atoms with Gasteiger partial charge < -0.3 is 16.4 Å². The number of nitrogens with two attached hydrogens (primary N) is 1. The summed E-state index contributed by atoms with van der Waals surface area (Å²) in [5.41, 5.74) is 6.75. The molecule has 0 aromatic heterocycles. The first-order chi connectivity index (χ1) is 8.18. The van der Waals surface area contributed by atoms with E-state index < -0.39 is 0 Å². The van der Waals surface area contributed by atoms with Crippen LogP contribution in [0.2, 0.25) is 0 Å². The van der Waals surface area contributed by atoms with Crippen molar-refractivity contribution in [3.05, 3.63) is 29.8 Å². The van der Waals surface area contributed by atoms with Crippen molar-refractivity contribution < 1.29 is 4.79 Å². The maximum atomic E-state index is 11.3. The van der Waals surface area contributed by atoms with E-state index >= 15 is 0 Å². The second-order valence-electron chi connectivity index (χ2n) is 4.55. The van der Waals surface area contributed by atoms with Gasteiger partial charge in [-0.3, -0.25) is 4.79 Å². The third-order valence-corrected chi connectivity index (χ3v) is 3.30. The molecule has 0 bridgehead atoms. The predicted octanol–water partition coefficient (Wildman–Crippen LogP) is 1.34. The van der Waals surface area contributed by atoms with Gasteiger partial charge in [-0.25, -0.2) is 0 Å². The van der Waals surface area contributed by atoms with Gasteiger partial charge in [-0.1, -0.05) is 12.1 Å². The predicted molar refractivity (Wildman–Crippen MR) is 69.1 cm³/mol. The summed E-state index contributed by atoms with van der Waals surface area (Å²) in [6, 6.07) is 8.16. The van der Waals surface area contributed by atoms with Crippen LogP contribution in [-0.2, 0) is 0 Å². The Morgan fingerprint density at radius 3 is 2.94 bits per heavy atom. The molecule has 1 saturated heterocycles. The van der Waals surface area contributed by atoms with Gasteiger partial charge in [0.1, 0.15) is 0 Å². The number of nitrogens with one attached hydrogen (secondary N) is 2. The Hall–Kier alpha value is -1.55. The Morgan fingerprint density at radius 2 is 2.24 bits per heavy atom. The normalized spacial score (nSPS) is 24.3. The summed E-state index contributed by atoms with van der Waals surface area (Å²) in [6.07, 6.45) is 2.27. The Labute approximate surface area is 102 Å². The van der Waals surface area contributed by atoms with Crippen LogP contribution in [0.4, 0.5) is 5.69 Å². The Kier molecular flexibility index (Phi) is 3.64. The molecule has 92 valence electrons. The number of piperidine rings is 1. The van der Waals surface area contributed by atoms with Crippen molar-refractivity contribution >= 4 is 11.6 Å². The van der Waals surface area contributed by atoms with Crippen LogP contribution in [0.5, 0.6) is 0 Å². The fourth-order valence-corrected chi connectivity index (χ4v) is 2.26. The lowest BCUT2D eigenvalue weighted by Crippen LogP contribution is -2.46. The molecule has 0 saturated carbocycles. The van der Waals surface area contributed by atoms with E-state index in [2.05, 4.69) is 17.6 Å². The molecule has 2 rings (SSSR count). The number of primary amides is 1. The zero-order valence-corrected chi connectivity index (χ0v) is 10.1. The molecule has 0 spiro atoms. The fourth-order valence-electron chi connectivity index (χ4n) is 2.26. The van der Waals surface area contributed by atoms with Crippen molar-refractivity contribution in [1.82, 2.24) is 5.32 Å². The zero-order chi connectivity index (χ0) is 12.3. The molecule has 1 heterocycles. The molecule has 2 atom stereocenters. The fraction of sp³-hybridized carbons (Fsp3) is 0.462. The van der Waals surface area contributed by atoms with Crippen LogP contribution in [0.15, 0.2) is 24.3 Å². The lowest BCUT2D eigenvalue weighted by atomic mass is 9.99. The van der Waals surface area contributed by atoms with Gasteiger partial charge in [0.05, 0.1) is 5.56 Å². The number of carbonyl (C=O) groups is 1. The number of hydrogen-bond acceptors (Lipinski definition) is 3. The van der Waals surface area contributed by atoms with E-state index in [-0.39, 0.29) is 5.91 Å². The van der Waals surface area contributed by atoms with Crippen molar-refractivity contribution in [2.45, 2.75) is 31.8 Å². The highest BCUT2D eigenvalue weighted by Crippen LogP contribution is 2.19. The van der Waals surface area contributed by atoms with Crippen molar-refractivity contribution in [2.75, 3.05) is 11.9 Å². The molecule has 1 amide bonds. The molecule has 1 aromatic carbocycles. The van der Waals surface area contributed by atoms with Crippen molar-refractivity contribution in [2.24, 2.45) is 5.73 Å². The van der Waals surface area contributed by atoms with E-state index in [9.17, 15) is 4.79 Å². The van der Waals surface area contributed by atoms with Crippen LogP contribution < -0.4 is 16.4 Å². The van der Waals surface area contributed by atoms with Crippen LogP contribution >= 0.6 is 0 Å². The molecule has 0 radical (unpaired) electrons. The summed E-state index contributed by atoms with van der Waals surface area (Å²) in [4.78, 5) is 11.3. The molecule has 1 aliphatic rings. The monoisotopic (exact) mass is 233 g/mol. The molecule has 4 N–H and O–H groups in total. The molecular formula is C13H19N3O. The van der Waals surface area contributed by atoms with Gasteiger partial charge in [0.15, 0.2) is 0 Å². The molecule has 1 aromatic rings. The number of hydrogen-bond donors (Lipinski definition) is 3. The maximum Gasteiger partial charge on any atom is 0.250 e. The van der Waals surface area contributed by atoms with E-state index in [4.69, 9.17) is 5.73 Å². The van der Waals surface area contributed by atoms with Gasteiger partial charge in [0.25, 0.3) is 5.91 Å². The summed E-state index contributed by atoms with van der Waals surface area (Å²) in [5, 5.41) is 6.84. The van der Waals surface area contributed by atoms with Gasteiger partial charge in [-0.2, -0.15) is 0 Å². The zero-order valence-electron chi connectivity index (χ0n) is 10.1. The van der Waals surface area contributed by atoms with Crippen molar-refractivity contribution in [3.8, 4) is 0 Å². The van der Waals surface area contributed by atoms with Crippen molar-refractivity contribution in [3.63, 3.8) is 0 Å². The van der Waals surface area contributed by atoms with Gasteiger partial charge in [-0.05, 0) is 38.4 Å². The average Bonchev–Trinajstić information content (AvgIpc) is 2.32. The Morgan fingerprint density at radius 1 is 1.47 bits per heavy atom. The van der Waals surface area contributed by atoms with E-state index in [1.165, 1.54) is 0 Å². The first-order valence-electron chi connectivity index (χ1n) is 6.07. The number of para-hydroxylation sites is 1. The standard InChI is InChI=1S/C13H19N3O/c1-9-11(7-4-8-15-9)16-12-6-3-2-5-10(12)13(14)17/h2-3,5-6,9,11,15-16H,4,7-8H2,1H3,(H2,14,17). The minimum atomic E-state index is -0.385. The third kappa shape index (κ3) is 2.77. The molecule has 1 aliphatic heterocycles. The summed E-state index contributed by atoms with van der Waals surface area (Å²) >= 11 is 0. The molecule has 4 nitrogen and oxygen atoms in total. The van der Waals surface area contributed by atoms with E-state index in [0.717, 1.165) is 25.1 Å². The van der Waals surface area contributed by atoms with Crippen LogP contribution in [0.1, 0.15) is 30.1 Å². The first-order valence-corrected chi connectivity index (χ1v) is 6.07. The van der Waals surface area contributed by atoms with E-state index in [1.54, 1.807) is 6.07 Å². The topological polar surface area (TPSA) is 67.2 Å². The highest BCUT2D eigenvalue weighted by molar-refractivity contribution is 5.98. The molecule has 4 heteroatoms. The second-order valence-corrected chi connectivity index (χ2v) is 4.55. The number of carbonyl (C=O) groups excluding carboxylic acids is 1. The van der Waals surface area contributed by atoms with Gasteiger partial charge in [0, 0.05) is 17.8 Å². The largest absolute Gasteiger partial charge is 0.380 e. The first kappa shape index (κ1) is 11.9. The van der Waals surface area contributed by atoms with Gasteiger partial charge in [0.2, 0.25) is 0 Å². The number of anilines is 1. The highest BCUT2D eigenvalue weighted by Gasteiger charge is 2.21. The molecule has 2 unspecified atom stereocenters. The Balaban J connectivity index is 2.14. The summed E-state index contributed by atoms with van der Waals surface area (Å²) in [7, 11) is 0.